The van der Waals surface area contributed by atoms with E-state index in [4.69, 9.17) is 0 Å². The lowest BCUT2D eigenvalue weighted by Crippen LogP contribution is -1.97. The summed E-state index contributed by atoms with van der Waals surface area (Å²) in [5, 5.41) is 22.1. The van der Waals surface area contributed by atoms with Crippen LogP contribution in [0.2, 0.25) is 0 Å². The highest BCUT2D eigenvalue weighted by Gasteiger charge is 2.23. The average Bonchev–Trinajstić information content (AvgIpc) is 2.58. The molecule has 0 radical (unpaired) electrons. The molecule has 2 N–H and O–H groups in total. The Kier molecular flexibility index (Phi) is 4.09. The summed E-state index contributed by atoms with van der Waals surface area (Å²) >= 11 is 1.27. The van der Waals surface area contributed by atoms with Gasteiger partial charge in [0.2, 0.25) is 0 Å². The smallest absolute Gasteiger partial charge is 0.141 e. The summed E-state index contributed by atoms with van der Waals surface area (Å²) in [6.07, 6.45) is 1.79. The Morgan fingerprint density at radius 1 is 0.864 bits per heavy atom. The van der Waals surface area contributed by atoms with Crippen molar-refractivity contribution in [2.75, 3.05) is 6.26 Å². The third kappa shape index (κ3) is 2.36. The SMILES string of the molecule is CSc1c(S(=O)c2ccccc2)c(O)c2ccccc2c1O. The zero-order valence-corrected chi connectivity index (χ0v) is 13.4. The van der Waals surface area contributed by atoms with Gasteiger partial charge in [-0.25, -0.2) is 4.21 Å². The van der Waals surface area contributed by atoms with Gasteiger partial charge >= 0.3 is 0 Å². The lowest BCUT2D eigenvalue weighted by molar-refractivity contribution is 0.444. The first-order valence-corrected chi connectivity index (χ1v) is 9.00. The summed E-state index contributed by atoms with van der Waals surface area (Å²) in [5.41, 5.74) is 0. The summed E-state index contributed by atoms with van der Waals surface area (Å²) in [6, 6.07) is 15.9. The van der Waals surface area contributed by atoms with E-state index in [9.17, 15) is 14.4 Å². The zero-order chi connectivity index (χ0) is 15.7. The average molecular weight is 330 g/mol. The summed E-state index contributed by atoms with van der Waals surface area (Å²) in [7, 11) is -1.57. The van der Waals surface area contributed by atoms with Crippen molar-refractivity contribution in [3.05, 3.63) is 54.6 Å². The largest absolute Gasteiger partial charge is 0.506 e. The van der Waals surface area contributed by atoms with Crippen LogP contribution in [0.3, 0.4) is 0 Å². The van der Waals surface area contributed by atoms with Crippen molar-refractivity contribution >= 4 is 33.3 Å². The van der Waals surface area contributed by atoms with Gasteiger partial charge in [-0.2, -0.15) is 0 Å². The van der Waals surface area contributed by atoms with Crippen LogP contribution in [0, 0.1) is 0 Å². The molecule has 0 fully saturated rings. The Morgan fingerprint density at radius 2 is 1.41 bits per heavy atom. The van der Waals surface area contributed by atoms with Crippen LogP contribution >= 0.6 is 11.8 Å². The Morgan fingerprint density at radius 3 is 2.00 bits per heavy atom. The maximum atomic E-state index is 12.9. The van der Waals surface area contributed by atoms with E-state index in [1.807, 2.05) is 6.07 Å². The first-order valence-electron chi connectivity index (χ1n) is 6.62. The van der Waals surface area contributed by atoms with E-state index in [-0.39, 0.29) is 16.4 Å². The molecule has 3 aromatic rings. The number of rotatable bonds is 3. The second-order valence-corrected chi connectivity index (χ2v) is 6.92. The number of hydrogen-bond donors (Lipinski definition) is 2. The van der Waals surface area contributed by atoms with Crippen LogP contribution in [-0.4, -0.2) is 20.7 Å². The Hall–Kier alpha value is -1.98. The van der Waals surface area contributed by atoms with E-state index in [1.165, 1.54) is 11.8 Å². The molecule has 0 saturated heterocycles. The highest BCUT2D eigenvalue weighted by Crippen LogP contribution is 2.46. The molecule has 1 unspecified atom stereocenters. The normalized spacial score (nSPS) is 12.4. The summed E-state index contributed by atoms with van der Waals surface area (Å²) in [5.74, 6) is 0.0140. The number of phenolic OH excluding ortho intramolecular Hbond substituents is 2. The van der Waals surface area contributed by atoms with Gasteiger partial charge in [0.05, 0.1) is 15.7 Å². The van der Waals surface area contributed by atoms with Gasteiger partial charge < -0.3 is 10.2 Å². The van der Waals surface area contributed by atoms with Crippen LogP contribution in [0.1, 0.15) is 0 Å². The van der Waals surface area contributed by atoms with Crippen molar-refractivity contribution in [2.45, 2.75) is 14.7 Å². The fourth-order valence-electron chi connectivity index (χ4n) is 2.38. The lowest BCUT2D eigenvalue weighted by atomic mass is 10.1. The highest BCUT2D eigenvalue weighted by molar-refractivity contribution is 7.99. The molecule has 3 nitrogen and oxygen atoms in total. The minimum atomic E-state index is -1.57. The number of benzene rings is 3. The first kappa shape index (κ1) is 14.9. The Balaban J connectivity index is 2.34. The minimum absolute atomic E-state index is 0.0417. The van der Waals surface area contributed by atoms with Crippen molar-refractivity contribution in [2.24, 2.45) is 0 Å². The predicted molar refractivity (Wildman–Crippen MR) is 90.2 cm³/mol. The van der Waals surface area contributed by atoms with Gasteiger partial charge in [-0.05, 0) is 18.4 Å². The molecule has 3 rings (SSSR count). The minimum Gasteiger partial charge on any atom is -0.506 e. The first-order chi connectivity index (χ1) is 10.6. The molecular formula is C17H14O3S2. The monoisotopic (exact) mass is 330 g/mol. The molecule has 22 heavy (non-hydrogen) atoms. The van der Waals surface area contributed by atoms with Crippen molar-refractivity contribution < 1.29 is 14.4 Å². The molecule has 1 atom stereocenters. The maximum absolute atomic E-state index is 12.9. The molecule has 0 amide bonds. The number of fused-ring (bicyclic) bond motifs is 1. The van der Waals surface area contributed by atoms with E-state index in [1.54, 1.807) is 54.8 Å². The van der Waals surface area contributed by atoms with E-state index in [0.717, 1.165) is 0 Å². The van der Waals surface area contributed by atoms with Gasteiger partial charge in [-0.15, -0.1) is 11.8 Å². The second kappa shape index (κ2) is 6.02. The third-order valence-corrected chi connectivity index (χ3v) is 5.82. The van der Waals surface area contributed by atoms with Crippen molar-refractivity contribution in [3.63, 3.8) is 0 Å². The van der Waals surface area contributed by atoms with Crippen molar-refractivity contribution in [1.29, 1.82) is 0 Å². The molecule has 0 heterocycles. The molecule has 0 saturated carbocycles. The molecule has 112 valence electrons. The van der Waals surface area contributed by atoms with Crippen LogP contribution in [-0.2, 0) is 10.8 Å². The standard InChI is InChI=1S/C17H14O3S2/c1-21-16-14(18)12-9-5-6-10-13(12)15(19)17(16)22(20)11-7-3-2-4-8-11/h2-10,18-19H,1H3. The quantitative estimate of drug-likeness (QED) is 0.560. The fraction of sp³-hybridized carbons (Fsp3) is 0.0588. The van der Waals surface area contributed by atoms with Crippen LogP contribution in [0.4, 0.5) is 0 Å². The summed E-state index contributed by atoms with van der Waals surface area (Å²) in [4.78, 5) is 1.29. The van der Waals surface area contributed by atoms with E-state index in [0.29, 0.717) is 20.6 Å². The Labute approximate surface area is 135 Å². The van der Waals surface area contributed by atoms with Crippen LogP contribution in [0.5, 0.6) is 11.5 Å². The summed E-state index contributed by atoms with van der Waals surface area (Å²) in [6.45, 7) is 0. The number of hydrogen-bond acceptors (Lipinski definition) is 4. The van der Waals surface area contributed by atoms with E-state index in [2.05, 4.69) is 0 Å². The number of phenols is 2. The molecule has 0 bridgehead atoms. The molecule has 0 aliphatic carbocycles. The lowest BCUT2D eigenvalue weighted by Gasteiger charge is -2.15. The second-order valence-electron chi connectivity index (χ2n) is 4.69. The van der Waals surface area contributed by atoms with Crippen LogP contribution in [0.25, 0.3) is 10.8 Å². The third-order valence-electron chi connectivity index (χ3n) is 3.42. The Bertz CT molecular complexity index is 861. The van der Waals surface area contributed by atoms with Gasteiger partial charge in [-0.3, -0.25) is 0 Å². The van der Waals surface area contributed by atoms with Gasteiger partial charge in [0.15, 0.2) is 0 Å². The number of thioether (sulfide) groups is 1. The fourth-order valence-corrected chi connectivity index (χ4v) is 4.63. The highest BCUT2D eigenvalue weighted by atomic mass is 32.2. The maximum Gasteiger partial charge on any atom is 0.141 e. The number of aromatic hydroxyl groups is 2. The van der Waals surface area contributed by atoms with Gasteiger partial charge in [0.1, 0.15) is 16.4 Å². The molecule has 0 spiro atoms. The molecule has 0 aromatic heterocycles. The topological polar surface area (TPSA) is 57.5 Å². The van der Waals surface area contributed by atoms with Crippen molar-refractivity contribution in [3.8, 4) is 11.5 Å². The van der Waals surface area contributed by atoms with Gasteiger partial charge in [0, 0.05) is 15.7 Å². The van der Waals surface area contributed by atoms with Gasteiger partial charge in [-0.1, -0.05) is 42.5 Å². The van der Waals surface area contributed by atoms with E-state index >= 15 is 0 Å². The molecule has 0 aliphatic heterocycles. The molecular weight excluding hydrogens is 316 g/mol. The zero-order valence-electron chi connectivity index (χ0n) is 11.8. The molecule has 5 heteroatoms. The van der Waals surface area contributed by atoms with Crippen molar-refractivity contribution in [1.82, 2.24) is 0 Å². The molecule has 3 aromatic carbocycles. The van der Waals surface area contributed by atoms with Crippen LogP contribution in [0.15, 0.2) is 69.3 Å². The molecule has 0 aliphatic rings. The van der Waals surface area contributed by atoms with E-state index < -0.39 is 10.8 Å². The van der Waals surface area contributed by atoms with Crippen LogP contribution < -0.4 is 0 Å². The predicted octanol–water partition coefficient (Wildman–Crippen LogP) is 4.14. The van der Waals surface area contributed by atoms with Gasteiger partial charge in [0.25, 0.3) is 0 Å². The summed E-state index contributed by atoms with van der Waals surface area (Å²) < 4.78 is 12.9.